The van der Waals surface area contributed by atoms with Crippen molar-refractivity contribution >= 4 is 12.0 Å². The Kier molecular flexibility index (Phi) is 2.12. The maximum atomic E-state index is 4.26. The SMILES string of the molecule is C1=C[N+](c2cc(-c3ccccc3)n[nH]2)N=C1. The van der Waals surface area contributed by atoms with E-state index < -0.39 is 0 Å². The Morgan fingerprint density at radius 1 is 1.12 bits per heavy atom. The van der Waals surface area contributed by atoms with Crippen LogP contribution in [-0.2, 0) is 0 Å². The Labute approximate surface area is 92.9 Å². The number of allylic oxidation sites excluding steroid dienone is 1. The standard InChI is InChI=1S/C12H10N4/c1-2-5-10(6-3-1)11-9-12(15-14-11)16-8-4-7-13-16/h1-9H,(H,14,15)/q+1. The molecule has 0 bridgehead atoms. The molecule has 1 aromatic carbocycles. The van der Waals surface area contributed by atoms with Gasteiger partial charge in [-0.25, -0.2) is 5.10 Å². The second kappa shape index (κ2) is 3.75. The summed E-state index contributed by atoms with van der Waals surface area (Å²) in [6, 6.07) is 12.0. The lowest BCUT2D eigenvalue weighted by molar-refractivity contribution is 0.725. The summed E-state index contributed by atoms with van der Waals surface area (Å²) in [5.74, 6) is 0.865. The van der Waals surface area contributed by atoms with Crippen molar-refractivity contribution < 1.29 is 0 Å². The number of hydrogen-bond donors (Lipinski definition) is 1. The number of hydrogen-bond acceptors (Lipinski definition) is 3. The average Bonchev–Trinajstić information content (AvgIpc) is 3.01. The molecule has 2 aromatic rings. The Hall–Kier alpha value is -2.20. The summed E-state index contributed by atoms with van der Waals surface area (Å²) < 4.78 is 0. The molecule has 0 spiro atoms. The van der Waals surface area contributed by atoms with Gasteiger partial charge < -0.3 is 0 Å². The number of nitrogens with zero attached hydrogens (tertiary/aromatic N) is 3. The lowest BCUT2D eigenvalue weighted by Crippen LogP contribution is -2.05. The van der Waals surface area contributed by atoms with E-state index in [1.807, 2.05) is 48.7 Å². The molecule has 16 heavy (non-hydrogen) atoms. The first kappa shape index (κ1) is 9.06. The maximum Gasteiger partial charge on any atom is 0.308 e. The summed E-state index contributed by atoms with van der Waals surface area (Å²) in [6.07, 6.45) is 5.49. The van der Waals surface area contributed by atoms with Crippen LogP contribution in [0, 0.1) is 0 Å². The minimum Gasteiger partial charge on any atom is -0.224 e. The molecular weight excluding hydrogens is 200 g/mol. The third kappa shape index (κ3) is 1.55. The van der Waals surface area contributed by atoms with E-state index in [4.69, 9.17) is 0 Å². The van der Waals surface area contributed by atoms with E-state index in [9.17, 15) is 0 Å². The monoisotopic (exact) mass is 210 g/mol. The predicted molar refractivity (Wildman–Crippen MR) is 63.4 cm³/mol. The van der Waals surface area contributed by atoms with Gasteiger partial charge in [-0.05, 0) is 5.10 Å². The van der Waals surface area contributed by atoms with Gasteiger partial charge in [0.2, 0.25) is 0 Å². The summed E-state index contributed by atoms with van der Waals surface area (Å²) in [7, 11) is 0. The van der Waals surface area contributed by atoms with Crippen molar-refractivity contribution in [3.63, 3.8) is 0 Å². The molecule has 77 valence electrons. The highest BCUT2D eigenvalue weighted by atomic mass is 15.5. The molecule has 0 aliphatic carbocycles. The molecule has 3 rings (SSSR count). The van der Waals surface area contributed by atoms with Crippen molar-refractivity contribution in [2.24, 2.45) is 5.10 Å². The molecule has 2 heterocycles. The molecule has 1 aromatic heterocycles. The van der Waals surface area contributed by atoms with Gasteiger partial charge in [0.25, 0.3) is 0 Å². The smallest absolute Gasteiger partial charge is 0.224 e. The highest BCUT2D eigenvalue weighted by molar-refractivity contribution is 5.74. The Bertz CT molecular complexity index is 527. The molecule has 1 aliphatic rings. The van der Waals surface area contributed by atoms with Crippen molar-refractivity contribution in [1.29, 1.82) is 0 Å². The van der Waals surface area contributed by atoms with Gasteiger partial charge in [0.1, 0.15) is 0 Å². The van der Waals surface area contributed by atoms with E-state index in [1.165, 1.54) is 0 Å². The Morgan fingerprint density at radius 3 is 2.75 bits per heavy atom. The van der Waals surface area contributed by atoms with Gasteiger partial charge in [-0.15, -0.1) is 0 Å². The zero-order chi connectivity index (χ0) is 10.8. The van der Waals surface area contributed by atoms with Crippen LogP contribution in [0.1, 0.15) is 0 Å². The average molecular weight is 210 g/mol. The zero-order valence-corrected chi connectivity index (χ0v) is 8.54. The molecule has 0 atom stereocenters. The predicted octanol–water partition coefficient (Wildman–Crippen LogP) is 2.36. The first-order chi connectivity index (χ1) is 7.93. The highest BCUT2D eigenvalue weighted by Crippen LogP contribution is 2.22. The molecule has 0 saturated carbocycles. The normalized spacial score (nSPS) is 14.8. The van der Waals surface area contributed by atoms with E-state index >= 15 is 0 Å². The first-order valence-electron chi connectivity index (χ1n) is 5.04. The second-order valence-corrected chi connectivity index (χ2v) is 3.46. The molecular formula is C12H10N4+. The van der Waals surface area contributed by atoms with E-state index in [1.54, 1.807) is 11.2 Å². The molecule has 1 aliphatic heterocycles. The fourth-order valence-electron chi connectivity index (χ4n) is 1.60. The van der Waals surface area contributed by atoms with Gasteiger partial charge in [-0.3, -0.25) is 0 Å². The highest BCUT2D eigenvalue weighted by Gasteiger charge is 2.21. The van der Waals surface area contributed by atoms with Crippen molar-refractivity contribution in [3.05, 3.63) is 48.7 Å². The maximum absolute atomic E-state index is 4.26. The molecule has 0 unspecified atom stereocenters. The molecule has 4 nitrogen and oxygen atoms in total. The van der Waals surface area contributed by atoms with Gasteiger partial charge in [-0.1, -0.05) is 30.3 Å². The van der Waals surface area contributed by atoms with Crippen LogP contribution in [0.4, 0.5) is 5.82 Å². The van der Waals surface area contributed by atoms with E-state index in [2.05, 4.69) is 15.3 Å². The first-order valence-corrected chi connectivity index (χ1v) is 5.04. The summed E-state index contributed by atoms with van der Waals surface area (Å²) >= 11 is 0. The van der Waals surface area contributed by atoms with Gasteiger partial charge in [0.15, 0.2) is 6.20 Å². The molecule has 0 fully saturated rings. The van der Waals surface area contributed by atoms with Crippen molar-refractivity contribution in [2.45, 2.75) is 0 Å². The fourth-order valence-corrected chi connectivity index (χ4v) is 1.60. The van der Waals surface area contributed by atoms with E-state index in [0.717, 1.165) is 17.1 Å². The van der Waals surface area contributed by atoms with Gasteiger partial charge >= 0.3 is 5.82 Å². The molecule has 1 N–H and O–H groups in total. The minimum atomic E-state index is 0.865. The Balaban J connectivity index is 1.94. The van der Waals surface area contributed by atoms with Crippen LogP contribution in [0.15, 0.2) is 53.8 Å². The third-order valence-corrected chi connectivity index (χ3v) is 2.39. The quantitative estimate of drug-likeness (QED) is 0.760. The van der Waals surface area contributed by atoms with Crippen molar-refractivity contribution in [1.82, 2.24) is 15.2 Å². The van der Waals surface area contributed by atoms with Crippen LogP contribution >= 0.6 is 0 Å². The molecule has 0 saturated heterocycles. The van der Waals surface area contributed by atoms with Gasteiger partial charge in [-0.2, -0.15) is 5.10 Å². The summed E-state index contributed by atoms with van der Waals surface area (Å²) in [6.45, 7) is 0. The summed E-state index contributed by atoms with van der Waals surface area (Å²) in [4.78, 5) is 0. The number of aromatic amines is 1. The van der Waals surface area contributed by atoms with E-state index in [0.29, 0.717) is 0 Å². The molecule has 4 heteroatoms. The van der Waals surface area contributed by atoms with Crippen LogP contribution in [0.2, 0.25) is 0 Å². The minimum absolute atomic E-state index is 0.865. The fraction of sp³-hybridized carbons (Fsp3) is 0. The van der Waals surface area contributed by atoms with Gasteiger partial charge in [0, 0.05) is 11.6 Å². The zero-order valence-electron chi connectivity index (χ0n) is 8.54. The van der Waals surface area contributed by atoms with Crippen LogP contribution < -0.4 is 5.01 Å². The van der Waals surface area contributed by atoms with Crippen LogP contribution in [0.3, 0.4) is 0 Å². The molecule has 0 amide bonds. The largest absolute Gasteiger partial charge is 0.308 e. The van der Waals surface area contributed by atoms with Crippen LogP contribution in [0.25, 0.3) is 11.3 Å². The second-order valence-electron chi connectivity index (χ2n) is 3.46. The number of anilines is 1. The Morgan fingerprint density at radius 2 is 2.00 bits per heavy atom. The van der Waals surface area contributed by atoms with Gasteiger partial charge in [0.05, 0.1) is 23.0 Å². The number of benzene rings is 1. The lowest BCUT2D eigenvalue weighted by Gasteiger charge is -1.92. The van der Waals surface area contributed by atoms with E-state index in [-0.39, 0.29) is 0 Å². The van der Waals surface area contributed by atoms with Crippen molar-refractivity contribution in [3.8, 4) is 11.3 Å². The summed E-state index contributed by atoms with van der Waals surface area (Å²) in [5.41, 5.74) is 2.02. The third-order valence-electron chi connectivity index (χ3n) is 2.39. The number of aromatic nitrogens is 2. The molecule has 1 radical (unpaired) electrons. The van der Waals surface area contributed by atoms with Crippen LogP contribution in [0.5, 0.6) is 0 Å². The number of nitrogens with one attached hydrogen (secondary N) is 1. The van der Waals surface area contributed by atoms with Crippen LogP contribution in [-0.4, -0.2) is 16.4 Å². The number of rotatable bonds is 2. The number of H-pyrrole nitrogens is 1. The topological polar surface area (TPSA) is 46.9 Å². The lowest BCUT2D eigenvalue weighted by atomic mass is 10.2. The van der Waals surface area contributed by atoms with Crippen molar-refractivity contribution in [2.75, 3.05) is 0 Å². The number of hydrazone groups is 1. The summed E-state index contributed by atoms with van der Waals surface area (Å²) in [5, 5.41) is 13.1.